The second-order valence-corrected chi connectivity index (χ2v) is 6.05. The Morgan fingerprint density at radius 2 is 1.62 bits per heavy atom. The quantitative estimate of drug-likeness (QED) is 0.470. The number of halogens is 4. The van der Waals surface area contributed by atoms with Gasteiger partial charge < -0.3 is 0 Å². The molecule has 2 heterocycles. The second kappa shape index (κ2) is 5.27. The van der Waals surface area contributed by atoms with Crippen molar-refractivity contribution in [1.29, 1.82) is 0 Å². The van der Waals surface area contributed by atoms with Crippen molar-refractivity contribution in [3.8, 4) is 11.4 Å². The van der Waals surface area contributed by atoms with Crippen LogP contribution in [-0.2, 0) is 6.18 Å². The number of hydrogen-bond donors (Lipinski definition) is 0. The van der Waals surface area contributed by atoms with Crippen LogP contribution in [0.3, 0.4) is 0 Å². The molecular weight excluding hydrogens is 385 g/mol. The summed E-state index contributed by atoms with van der Waals surface area (Å²) in [5.74, 6) is 0.335. The molecule has 2 aromatic carbocycles. The Hall–Kier alpha value is -2.48. The van der Waals surface area contributed by atoms with Crippen LogP contribution in [0.25, 0.3) is 28.1 Å². The highest BCUT2D eigenvalue weighted by Crippen LogP contribution is 2.34. The average molecular weight is 393 g/mol. The summed E-state index contributed by atoms with van der Waals surface area (Å²) in [5.41, 5.74) is 0.0604. The summed E-state index contributed by atoms with van der Waals surface area (Å²) >= 11 is 3.33. The largest absolute Gasteiger partial charge is 0.437 e. The highest BCUT2D eigenvalue weighted by Gasteiger charge is 2.37. The van der Waals surface area contributed by atoms with E-state index < -0.39 is 11.9 Å². The molecule has 0 aliphatic rings. The van der Waals surface area contributed by atoms with Crippen molar-refractivity contribution in [3.05, 3.63) is 58.7 Å². The minimum atomic E-state index is -4.62. The first-order chi connectivity index (χ1) is 11.4. The van der Waals surface area contributed by atoms with Gasteiger partial charge >= 0.3 is 6.18 Å². The Morgan fingerprint density at radius 1 is 0.917 bits per heavy atom. The average Bonchev–Trinajstić information content (AvgIpc) is 2.99. The van der Waals surface area contributed by atoms with E-state index in [2.05, 4.69) is 31.1 Å². The molecule has 8 heteroatoms. The lowest BCUT2D eigenvalue weighted by Gasteiger charge is -2.10. The third-order valence-electron chi connectivity index (χ3n) is 3.60. The van der Waals surface area contributed by atoms with Gasteiger partial charge in [0.2, 0.25) is 0 Å². The van der Waals surface area contributed by atoms with Crippen molar-refractivity contribution < 1.29 is 13.2 Å². The van der Waals surface area contributed by atoms with Gasteiger partial charge in [-0.1, -0.05) is 40.2 Å². The maximum Gasteiger partial charge on any atom is 0.437 e. The van der Waals surface area contributed by atoms with Crippen LogP contribution in [0.15, 0.2) is 53.0 Å². The van der Waals surface area contributed by atoms with Crippen LogP contribution in [0.2, 0.25) is 0 Å². The van der Waals surface area contributed by atoms with Gasteiger partial charge in [0.25, 0.3) is 0 Å². The van der Waals surface area contributed by atoms with Crippen LogP contribution in [0.1, 0.15) is 5.69 Å². The molecule has 24 heavy (non-hydrogen) atoms. The van der Waals surface area contributed by atoms with E-state index >= 15 is 0 Å². The Bertz CT molecular complexity index is 1050. The van der Waals surface area contributed by atoms with Crippen LogP contribution in [0.4, 0.5) is 13.2 Å². The topological polar surface area (TPSA) is 43.1 Å². The van der Waals surface area contributed by atoms with Crippen molar-refractivity contribution in [3.63, 3.8) is 0 Å². The first-order valence-electron chi connectivity index (χ1n) is 6.92. The lowest BCUT2D eigenvalue weighted by Crippen LogP contribution is -2.11. The van der Waals surface area contributed by atoms with E-state index in [1.807, 2.05) is 0 Å². The molecular formula is C16H8BrF3N4. The maximum atomic E-state index is 13.4. The van der Waals surface area contributed by atoms with E-state index in [4.69, 9.17) is 0 Å². The Morgan fingerprint density at radius 3 is 2.33 bits per heavy atom. The Balaban J connectivity index is 2.14. The lowest BCUT2D eigenvalue weighted by atomic mass is 10.2. The highest BCUT2D eigenvalue weighted by atomic mass is 79.9. The molecule has 4 rings (SSSR count). The van der Waals surface area contributed by atoms with Crippen LogP contribution in [0, 0.1) is 0 Å². The van der Waals surface area contributed by atoms with Crippen molar-refractivity contribution in [1.82, 2.24) is 19.6 Å². The van der Waals surface area contributed by atoms with Gasteiger partial charge in [-0.25, -0.2) is 4.98 Å². The molecule has 4 nitrogen and oxygen atoms in total. The molecule has 0 unspecified atom stereocenters. The molecule has 0 N–H and O–H groups in total. The van der Waals surface area contributed by atoms with Gasteiger partial charge in [-0.05, 0) is 24.3 Å². The number of hydrogen-bond acceptors (Lipinski definition) is 3. The molecule has 4 aromatic rings. The maximum absolute atomic E-state index is 13.4. The molecule has 0 spiro atoms. The Kier molecular flexibility index (Phi) is 3.31. The van der Waals surface area contributed by atoms with Gasteiger partial charge in [0.15, 0.2) is 17.2 Å². The third kappa shape index (κ3) is 2.34. The Labute approximate surface area is 142 Å². The number of nitrogens with zero attached hydrogens (tertiary/aromatic N) is 4. The van der Waals surface area contributed by atoms with E-state index in [9.17, 15) is 13.2 Å². The number of para-hydroxylation sites is 2. The third-order valence-corrected chi connectivity index (χ3v) is 4.13. The predicted octanol–water partition coefficient (Wildman–Crippen LogP) is 4.73. The second-order valence-electron chi connectivity index (χ2n) is 5.14. The fourth-order valence-electron chi connectivity index (χ4n) is 2.56. The summed E-state index contributed by atoms with van der Waals surface area (Å²) in [6.07, 6.45) is -4.62. The summed E-state index contributed by atoms with van der Waals surface area (Å²) in [7, 11) is 0. The number of aromatic nitrogens is 4. The van der Waals surface area contributed by atoms with Crippen molar-refractivity contribution in [2.75, 3.05) is 0 Å². The fraction of sp³-hybridized carbons (Fsp3) is 0.0625. The van der Waals surface area contributed by atoms with Gasteiger partial charge in [0.05, 0.1) is 11.0 Å². The molecule has 2 aromatic heterocycles. The van der Waals surface area contributed by atoms with Crippen LogP contribution >= 0.6 is 15.9 Å². The minimum absolute atomic E-state index is 0.232. The van der Waals surface area contributed by atoms with Gasteiger partial charge in [0, 0.05) is 10.0 Å². The van der Waals surface area contributed by atoms with Crippen LogP contribution in [0.5, 0.6) is 0 Å². The van der Waals surface area contributed by atoms with Crippen LogP contribution < -0.4 is 0 Å². The molecule has 0 aliphatic carbocycles. The molecule has 0 aliphatic heterocycles. The van der Waals surface area contributed by atoms with E-state index in [0.29, 0.717) is 16.9 Å². The van der Waals surface area contributed by atoms with Crippen molar-refractivity contribution in [2.45, 2.75) is 6.18 Å². The van der Waals surface area contributed by atoms with E-state index in [-0.39, 0.29) is 11.2 Å². The summed E-state index contributed by atoms with van der Waals surface area (Å²) in [6.45, 7) is 0. The monoisotopic (exact) mass is 392 g/mol. The summed E-state index contributed by atoms with van der Waals surface area (Å²) in [5, 5.41) is 7.73. The summed E-state index contributed by atoms with van der Waals surface area (Å²) in [4.78, 5) is 3.74. The number of fused-ring (bicyclic) bond motifs is 3. The van der Waals surface area contributed by atoms with E-state index in [1.165, 1.54) is 10.5 Å². The van der Waals surface area contributed by atoms with Crippen molar-refractivity contribution >= 4 is 32.6 Å². The zero-order chi connectivity index (χ0) is 16.9. The molecule has 0 bridgehead atoms. The van der Waals surface area contributed by atoms with E-state index in [0.717, 1.165) is 4.47 Å². The molecule has 0 saturated carbocycles. The zero-order valence-electron chi connectivity index (χ0n) is 11.9. The molecule has 0 saturated heterocycles. The lowest BCUT2D eigenvalue weighted by molar-refractivity contribution is -0.140. The van der Waals surface area contributed by atoms with Gasteiger partial charge in [-0.3, -0.25) is 4.40 Å². The zero-order valence-corrected chi connectivity index (χ0v) is 13.5. The first-order valence-corrected chi connectivity index (χ1v) is 7.71. The van der Waals surface area contributed by atoms with Crippen molar-refractivity contribution in [2.24, 2.45) is 0 Å². The van der Waals surface area contributed by atoms with Gasteiger partial charge in [-0.2, -0.15) is 13.2 Å². The molecule has 0 amide bonds. The number of rotatable bonds is 1. The molecule has 0 fully saturated rings. The molecule has 0 radical (unpaired) electrons. The summed E-state index contributed by atoms with van der Waals surface area (Å²) in [6, 6.07) is 13.7. The summed E-state index contributed by atoms with van der Waals surface area (Å²) < 4.78 is 42.3. The minimum Gasteiger partial charge on any atom is -0.271 e. The highest BCUT2D eigenvalue weighted by molar-refractivity contribution is 9.10. The van der Waals surface area contributed by atoms with Crippen LogP contribution in [-0.4, -0.2) is 19.6 Å². The first kappa shape index (κ1) is 15.1. The smallest absolute Gasteiger partial charge is 0.271 e. The number of alkyl halides is 3. The SMILES string of the molecule is FC(F)(F)c1nc2ccccc2n2c(-c3ccc(Br)cc3)nnc12. The normalized spacial score (nSPS) is 12.2. The molecule has 120 valence electrons. The molecule has 0 atom stereocenters. The number of benzene rings is 2. The van der Waals surface area contributed by atoms with E-state index in [1.54, 1.807) is 42.5 Å². The standard InChI is InChI=1S/C16H8BrF3N4/c17-10-7-5-9(6-8-10)14-22-23-15-13(16(18,19)20)21-11-3-1-2-4-12(11)24(14)15/h1-8H. The predicted molar refractivity (Wildman–Crippen MR) is 86.4 cm³/mol. The van der Waals surface area contributed by atoms with Gasteiger partial charge in [0.1, 0.15) is 0 Å². The van der Waals surface area contributed by atoms with Gasteiger partial charge in [-0.15, -0.1) is 10.2 Å². The fourth-order valence-corrected chi connectivity index (χ4v) is 2.82.